The van der Waals surface area contributed by atoms with Crippen LogP contribution in [-0.2, 0) is 17.8 Å². The average Bonchev–Trinajstić information content (AvgIpc) is 2.94. The zero-order valence-electron chi connectivity index (χ0n) is 20.4. The van der Waals surface area contributed by atoms with Crippen LogP contribution in [0, 0.1) is 0 Å². The van der Waals surface area contributed by atoms with E-state index in [1.165, 1.54) is 0 Å². The van der Waals surface area contributed by atoms with E-state index >= 15 is 0 Å². The van der Waals surface area contributed by atoms with E-state index in [-0.39, 0.29) is 25.0 Å². The molecule has 1 saturated heterocycles. The van der Waals surface area contributed by atoms with Crippen molar-refractivity contribution in [2.24, 2.45) is 0 Å². The third-order valence-corrected chi connectivity index (χ3v) is 6.30. The van der Waals surface area contributed by atoms with E-state index in [0.29, 0.717) is 38.1 Å². The van der Waals surface area contributed by atoms with Crippen LogP contribution < -0.4 is 15.0 Å². The first kappa shape index (κ1) is 25.2. The van der Waals surface area contributed by atoms with Crippen LogP contribution in [0.5, 0.6) is 5.75 Å². The van der Waals surface area contributed by atoms with Crippen LogP contribution in [0.25, 0.3) is 0 Å². The quantitative estimate of drug-likeness (QED) is 0.463. The van der Waals surface area contributed by atoms with Crippen molar-refractivity contribution in [2.45, 2.75) is 19.4 Å². The number of hydrogen-bond acceptors (Lipinski definition) is 4. The average molecular weight is 490 g/mol. The number of hydrogen-bond donors (Lipinski definition) is 1. The summed E-state index contributed by atoms with van der Waals surface area (Å²) >= 11 is 0. The van der Waals surface area contributed by atoms with Crippen LogP contribution in [0.1, 0.15) is 27.9 Å². The van der Waals surface area contributed by atoms with Crippen molar-refractivity contribution in [3.05, 3.63) is 95.6 Å². The molecule has 0 bridgehead atoms. The highest BCUT2D eigenvalue weighted by Crippen LogP contribution is 2.21. The lowest BCUT2D eigenvalue weighted by Gasteiger charge is -2.36. The number of ether oxygens (including phenoxy) is 1. The van der Waals surface area contributed by atoms with E-state index in [4.69, 9.17) is 4.74 Å². The number of halogens is 1. The molecule has 6 nitrogen and oxygen atoms in total. The highest BCUT2D eigenvalue weighted by atomic mass is 19.1. The normalized spacial score (nSPS) is 13.4. The molecule has 36 heavy (non-hydrogen) atoms. The molecule has 1 aliphatic rings. The summed E-state index contributed by atoms with van der Waals surface area (Å²) in [5, 5.41) is 2.71. The summed E-state index contributed by atoms with van der Waals surface area (Å²) in [6.45, 7) is 2.80. The maximum Gasteiger partial charge on any atom is 0.251 e. The van der Waals surface area contributed by atoms with Crippen molar-refractivity contribution in [2.75, 3.05) is 44.3 Å². The summed E-state index contributed by atoms with van der Waals surface area (Å²) in [5.41, 5.74) is 3.71. The number of alkyl halides is 1. The number of carbonyl (C=O) groups excluding carboxylic acids is 2. The topological polar surface area (TPSA) is 61.9 Å². The molecular formula is C29H32FN3O3. The van der Waals surface area contributed by atoms with Crippen LogP contribution in [0.2, 0.25) is 0 Å². The number of nitrogens with one attached hydrogen (secondary N) is 1. The van der Waals surface area contributed by atoms with Crippen LogP contribution in [0.4, 0.5) is 10.1 Å². The summed E-state index contributed by atoms with van der Waals surface area (Å²) in [5.74, 6) is 0.447. The molecule has 1 heterocycles. The van der Waals surface area contributed by atoms with Crippen molar-refractivity contribution in [3.8, 4) is 5.75 Å². The van der Waals surface area contributed by atoms with Gasteiger partial charge in [-0.3, -0.25) is 14.0 Å². The summed E-state index contributed by atoms with van der Waals surface area (Å²) in [6, 6.07) is 25.2. The van der Waals surface area contributed by atoms with Crippen LogP contribution in [-0.4, -0.2) is 56.1 Å². The lowest BCUT2D eigenvalue weighted by molar-refractivity contribution is -0.130. The van der Waals surface area contributed by atoms with Crippen LogP contribution in [0.3, 0.4) is 0 Å². The number of amides is 2. The molecule has 0 spiro atoms. The Labute approximate surface area is 211 Å². The molecule has 7 heteroatoms. The molecule has 1 N–H and O–H groups in total. The lowest BCUT2D eigenvalue weighted by Crippen LogP contribution is -2.51. The van der Waals surface area contributed by atoms with Gasteiger partial charge in [-0.15, -0.1) is 0 Å². The van der Waals surface area contributed by atoms with Gasteiger partial charge in [-0.25, -0.2) is 0 Å². The van der Waals surface area contributed by atoms with Gasteiger partial charge < -0.3 is 19.9 Å². The minimum Gasteiger partial charge on any atom is -0.489 e. The Morgan fingerprint density at radius 2 is 1.53 bits per heavy atom. The number of nitrogens with zero attached hydrogens (tertiary/aromatic N) is 2. The van der Waals surface area contributed by atoms with Crippen molar-refractivity contribution < 1.29 is 18.7 Å². The minimum absolute atomic E-state index is 0.0319. The zero-order chi connectivity index (χ0) is 25.2. The van der Waals surface area contributed by atoms with E-state index in [0.717, 1.165) is 35.7 Å². The smallest absolute Gasteiger partial charge is 0.251 e. The lowest BCUT2D eigenvalue weighted by atomic mass is 10.1. The van der Waals surface area contributed by atoms with Gasteiger partial charge in [0.15, 0.2) is 0 Å². The van der Waals surface area contributed by atoms with E-state index in [1.807, 2.05) is 66.7 Å². The van der Waals surface area contributed by atoms with Gasteiger partial charge in [0, 0.05) is 37.4 Å². The minimum atomic E-state index is -0.352. The molecule has 0 radical (unpaired) electrons. The fourth-order valence-corrected chi connectivity index (χ4v) is 4.17. The fourth-order valence-electron chi connectivity index (χ4n) is 4.17. The first-order chi connectivity index (χ1) is 17.6. The predicted octanol–water partition coefficient (Wildman–Crippen LogP) is 4.25. The molecule has 3 aromatic carbocycles. The van der Waals surface area contributed by atoms with E-state index < -0.39 is 0 Å². The van der Waals surface area contributed by atoms with Crippen molar-refractivity contribution >= 4 is 17.5 Å². The van der Waals surface area contributed by atoms with Crippen LogP contribution >= 0.6 is 0 Å². The molecule has 0 atom stereocenters. The Hall–Kier alpha value is -3.87. The largest absolute Gasteiger partial charge is 0.489 e. The fraction of sp³-hybridized carbons (Fsp3) is 0.310. The molecule has 1 aliphatic heterocycles. The second-order valence-corrected chi connectivity index (χ2v) is 8.81. The molecule has 1 fully saturated rings. The van der Waals surface area contributed by atoms with Gasteiger partial charge in [0.25, 0.3) is 5.91 Å². The Balaban J connectivity index is 1.19. The highest BCUT2D eigenvalue weighted by Gasteiger charge is 2.21. The summed E-state index contributed by atoms with van der Waals surface area (Å²) in [6.07, 6.45) is 1.12. The zero-order valence-corrected chi connectivity index (χ0v) is 20.4. The molecule has 0 unspecified atom stereocenters. The molecule has 0 aliphatic carbocycles. The van der Waals surface area contributed by atoms with E-state index in [2.05, 4.69) is 10.2 Å². The van der Waals surface area contributed by atoms with Crippen LogP contribution in [0.15, 0.2) is 78.9 Å². The Morgan fingerprint density at radius 3 is 2.19 bits per heavy atom. The first-order valence-corrected chi connectivity index (χ1v) is 12.3. The van der Waals surface area contributed by atoms with Gasteiger partial charge in [0.05, 0.1) is 13.2 Å². The SMILES string of the molecule is O=C(NCC(=O)N1CCN(c2ccc(OCc3ccccc3)cc2)CC1)c1ccc(CCCF)cc1. The van der Waals surface area contributed by atoms with Gasteiger partial charge in [-0.05, 0) is 60.4 Å². The second-order valence-electron chi connectivity index (χ2n) is 8.81. The van der Waals surface area contributed by atoms with Gasteiger partial charge in [0.1, 0.15) is 12.4 Å². The predicted molar refractivity (Wildman–Crippen MR) is 139 cm³/mol. The molecule has 2 amide bonds. The van der Waals surface area contributed by atoms with Crippen molar-refractivity contribution in [3.63, 3.8) is 0 Å². The number of aryl methyl sites for hydroxylation is 1. The molecule has 3 aromatic rings. The third kappa shape index (κ3) is 7.07. The summed E-state index contributed by atoms with van der Waals surface area (Å²) in [4.78, 5) is 29.0. The molecular weight excluding hydrogens is 457 g/mol. The number of benzene rings is 3. The molecule has 4 rings (SSSR count). The summed E-state index contributed by atoms with van der Waals surface area (Å²) in [7, 11) is 0. The second kappa shape index (κ2) is 12.7. The standard InChI is InChI=1S/C29H32FN3O3/c30-16-4-7-23-8-10-25(11-9-23)29(35)31-21-28(34)33-19-17-32(18-20-33)26-12-14-27(15-13-26)36-22-24-5-2-1-3-6-24/h1-3,5-6,8-15H,4,7,16-22H2,(H,31,35). The number of anilines is 1. The Morgan fingerprint density at radius 1 is 0.833 bits per heavy atom. The monoisotopic (exact) mass is 489 g/mol. The van der Waals surface area contributed by atoms with Crippen molar-refractivity contribution in [1.82, 2.24) is 10.2 Å². The number of piperazine rings is 1. The van der Waals surface area contributed by atoms with Gasteiger partial charge in [0.2, 0.25) is 5.91 Å². The molecule has 0 aromatic heterocycles. The van der Waals surface area contributed by atoms with E-state index in [9.17, 15) is 14.0 Å². The maximum atomic E-state index is 12.6. The summed E-state index contributed by atoms with van der Waals surface area (Å²) < 4.78 is 18.2. The maximum absolute atomic E-state index is 12.6. The van der Waals surface area contributed by atoms with E-state index in [1.54, 1.807) is 17.0 Å². The third-order valence-electron chi connectivity index (χ3n) is 6.30. The number of carbonyl (C=O) groups is 2. The van der Waals surface area contributed by atoms with Crippen molar-refractivity contribution in [1.29, 1.82) is 0 Å². The first-order valence-electron chi connectivity index (χ1n) is 12.3. The Kier molecular flexibility index (Phi) is 8.92. The van der Waals surface area contributed by atoms with Gasteiger partial charge in [-0.2, -0.15) is 0 Å². The van der Waals surface area contributed by atoms with Gasteiger partial charge >= 0.3 is 0 Å². The number of rotatable bonds is 10. The molecule has 0 saturated carbocycles. The molecule has 188 valence electrons. The Bertz CT molecular complexity index is 1110. The highest BCUT2D eigenvalue weighted by molar-refractivity contribution is 5.96. The van der Waals surface area contributed by atoms with Gasteiger partial charge in [-0.1, -0.05) is 42.5 Å².